The highest BCUT2D eigenvalue weighted by Gasteiger charge is 2.36. The lowest BCUT2D eigenvalue weighted by Gasteiger charge is -2.32. The molecule has 1 N–H and O–H groups in total. The van der Waals surface area contributed by atoms with Crippen LogP contribution in [0.3, 0.4) is 0 Å². The number of carbonyl (C=O) groups excluding carboxylic acids is 4. The number of hydrogen-bond acceptors (Lipinski definition) is 5. The summed E-state index contributed by atoms with van der Waals surface area (Å²) in [4.78, 5) is 54.9. The second-order valence-electron chi connectivity index (χ2n) is 7.61. The van der Waals surface area contributed by atoms with Crippen LogP contribution < -0.4 is 5.32 Å². The number of hydrogen-bond donors (Lipinski definition) is 1. The molecule has 2 aromatic carbocycles. The van der Waals surface area contributed by atoms with Gasteiger partial charge in [-0.3, -0.25) is 24.1 Å². The first-order chi connectivity index (χ1) is 14.8. The van der Waals surface area contributed by atoms with Gasteiger partial charge in [0.1, 0.15) is 6.54 Å². The zero-order valence-electron chi connectivity index (χ0n) is 16.9. The quantitative estimate of drug-likeness (QED) is 0.670. The third kappa shape index (κ3) is 4.38. The van der Waals surface area contributed by atoms with E-state index in [1.807, 2.05) is 11.9 Å². The molecule has 31 heavy (non-hydrogen) atoms. The van der Waals surface area contributed by atoms with Gasteiger partial charge < -0.3 is 15.1 Å². The van der Waals surface area contributed by atoms with Crippen molar-refractivity contribution in [2.24, 2.45) is 0 Å². The third-order valence-corrected chi connectivity index (χ3v) is 5.93. The molecule has 2 aliphatic heterocycles. The Kier molecular flexibility index (Phi) is 5.88. The van der Waals surface area contributed by atoms with E-state index in [1.165, 1.54) is 0 Å². The van der Waals surface area contributed by atoms with Crippen molar-refractivity contribution in [1.29, 1.82) is 0 Å². The first-order valence-electron chi connectivity index (χ1n) is 9.87. The van der Waals surface area contributed by atoms with E-state index in [9.17, 15) is 19.2 Å². The molecular formula is C22H21BrN4O4. The summed E-state index contributed by atoms with van der Waals surface area (Å²) in [6.45, 7) is 2.67. The van der Waals surface area contributed by atoms with Crippen molar-refractivity contribution < 1.29 is 19.2 Å². The minimum Gasteiger partial charge on any atom is -0.336 e. The molecule has 0 bridgehead atoms. The molecule has 0 radical (unpaired) electrons. The number of fused-ring (bicyclic) bond motifs is 1. The molecule has 0 aromatic heterocycles. The van der Waals surface area contributed by atoms with E-state index in [-0.39, 0.29) is 23.6 Å². The predicted molar refractivity (Wildman–Crippen MR) is 118 cm³/mol. The van der Waals surface area contributed by atoms with Crippen LogP contribution in [0.1, 0.15) is 31.1 Å². The van der Waals surface area contributed by atoms with Gasteiger partial charge >= 0.3 is 0 Å². The first-order valence-corrected chi connectivity index (χ1v) is 10.7. The Morgan fingerprint density at radius 1 is 0.935 bits per heavy atom. The van der Waals surface area contributed by atoms with Gasteiger partial charge in [-0.25, -0.2) is 0 Å². The number of nitrogens with one attached hydrogen (secondary N) is 1. The van der Waals surface area contributed by atoms with E-state index in [1.54, 1.807) is 42.5 Å². The Hall–Kier alpha value is -3.04. The van der Waals surface area contributed by atoms with Crippen LogP contribution in [0.4, 0.5) is 5.69 Å². The lowest BCUT2D eigenvalue weighted by atomic mass is 10.1. The van der Waals surface area contributed by atoms with E-state index in [2.05, 4.69) is 26.1 Å². The summed E-state index contributed by atoms with van der Waals surface area (Å²) in [7, 11) is 2.03. The van der Waals surface area contributed by atoms with Crippen molar-refractivity contribution in [2.75, 3.05) is 45.1 Å². The Labute approximate surface area is 187 Å². The highest BCUT2D eigenvalue weighted by Crippen LogP contribution is 2.26. The molecule has 0 saturated carbocycles. The van der Waals surface area contributed by atoms with Crippen LogP contribution in [0.5, 0.6) is 0 Å². The summed E-state index contributed by atoms with van der Waals surface area (Å²) >= 11 is 3.28. The molecule has 0 spiro atoms. The fourth-order valence-corrected chi connectivity index (χ4v) is 4.00. The Bertz CT molecular complexity index is 1060. The normalized spacial score (nSPS) is 16.5. The van der Waals surface area contributed by atoms with E-state index in [0.717, 1.165) is 18.0 Å². The van der Waals surface area contributed by atoms with E-state index in [0.29, 0.717) is 28.8 Å². The minimum atomic E-state index is -0.496. The standard InChI is InChI=1S/C22H21BrN4O4/c1-25-8-10-26(11-9-25)20(29)14-2-5-16(6-3-14)24-19(28)13-27-21(30)17-7-4-15(23)12-18(17)22(27)31/h2-7,12H,8-11,13H2,1H3,(H,24,28). The number of halogens is 1. The lowest BCUT2D eigenvalue weighted by Crippen LogP contribution is -2.47. The van der Waals surface area contributed by atoms with Crippen LogP contribution in [0.15, 0.2) is 46.9 Å². The van der Waals surface area contributed by atoms with Crippen LogP contribution in [0.2, 0.25) is 0 Å². The number of imide groups is 1. The van der Waals surface area contributed by atoms with Crippen molar-refractivity contribution in [3.63, 3.8) is 0 Å². The van der Waals surface area contributed by atoms with Gasteiger partial charge in [0.2, 0.25) is 5.91 Å². The minimum absolute atomic E-state index is 0.0387. The Morgan fingerprint density at radius 2 is 1.58 bits per heavy atom. The summed E-state index contributed by atoms with van der Waals surface area (Å²) in [5.74, 6) is -1.52. The highest BCUT2D eigenvalue weighted by molar-refractivity contribution is 9.10. The maximum Gasteiger partial charge on any atom is 0.262 e. The molecule has 0 unspecified atom stereocenters. The molecule has 160 valence electrons. The summed E-state index contributed by atoms with van der Waals surface area (Å²) in [6, 6.07) is 11.4. The molecular weight excluding hydrogens is 464 g/mol. The molecule has 0 aliphatic carbocycles. The molecule has 1 saturated heterocycles. The van der Waals surface area contributed by atoms with Gasteiger partial charge in [0.15, 0.2) is 0 Å². The second-order valence-corrected chi connectivity index (χ2v) is 8.52. The van der Waals surface area contributed by atoms with Crippen molar-refractivity contribution >= 4 is 45.2 Å². The number of amides is 4. The highest BCUT2D eigenvalue weighted by atomic mass is 79.9. The number of rotatable bonds is 4. The third-order valence-electron chi connectivity index (χ3n) is 5.44. The number of benzene rings is 2. The molecule has 9 heteroatoms. The maximum absolute atomic E-state index is 12.6. The van der Waals surface area contributed by atoms with Gasteiger partial charge in [0.05, 0.1) is 11.1 Å². The molecule has 2 aliphatic rings. The van der Waals surface area contributed by atoms with Gasteiger partial charge in [-0.05, 0) is 49.5 Å². The fourth-order valence-electron chi connectivity index (χ4n) is 3.64. The largest absolute Gasteiger partial charge is 0.336 e. The Morgan fingerprint density at radius 3 is 2.26 bits per heavy atom. The Balaban J connectivity index is 1.37. The van der Waals surface area contributed by atoms with E-state index >= 15 is 0 Å². The van der Waals surface area contributed by atoms with Gasteiger partial charge in [0.25, 0.3) is 17.7 Å². The molecule has 0 atom stereocenters. The van der Waals surface area contributed by atoms with Crippen LogP contribution in [-0.4, -0.2) is 78.1 Å². The molecule has 4 rings (SSSR count). The van der Waals surface area contributed by atoms with E-state index < -0.39 is 17.7 Å². The van der Waals surface area contributed by atoms with E-state index in [4.69, 9.17) is 0 Å². The average Bonchev–Trinajstić information content (AvgIpc) is 2.98. The van der Waals surface area contributed by atoms with Gasteiger partial charge in [0, 0.05) is 41.9 Å². The topological polar surface area (TPSA) is 90.0 Å². The van der Waals surface area contributed by atoms with Crippen LogP contribution in [0.25, 0.3) is 0 Å². The zero-order chi connectivity index (χ0) is 22.1. The SMILES string of the molecule is CN1CCN(C(=O)c2ccc(NC(=O)CN3C(=O)c4ccc(Br)cc4C3=O)cc2)CC1. The number of likely N-dealkylation sites (N-methyl/N-ethyl adjacent to an activating group) is 1. The van der Waals surface area contributed by atoms with Crippen molar-refractivity contribution in [3.8, 4) is 0 Å². The van der Waals surface area contributed by atoms with Crippen molar-refractivity contribution in [3.05, 3.63) is 63.6 Å². The molecule has 2 heterocycles. The second kappa shape index (κ2) is 8.60. The summed E-state index contributed by atoms with van der Waals surface area (Å²) in [5, 5.41) is 2.67. The van der Waals surface area contributed by atoms with Crippen molar-refractivity contribution in [1.82, 2.24) is 14.7 Å². The molecule has 1 fully saturated rings. The number of carbonyl (C=O) groups is 4. The zero-order valence-corrected chi connectivity index (χ0v) is 18.5. The molecule has 8 nitrogen and oxygen atoms in total. The van der Waals surface area contributed by atoms with Crippen LogP contribution in [-0.2, 0) is 4.79 Å². The van der Waals surface area contributed by atoms with Crippen LogP contribution >= 0.6 is 15.9 Å². The average molecular weight is 485 g/mol. The fraction of sp³-hybridized carbons (Fsp3) is 0.273. The molecule has 4 amide bonds. The summed E-state index contributed by atoms with van der Waals surface area (Å²) in [6.07, 6.45) is 0. The van der Waals surface area contributed by atoms with Crippen LogP contribution in [0, 0.1) is 0 Å². The maximum atomic E-state index is 12.6. The summed E-state index contributed by atoms with van der Waals surface area (Å²) < 4.78 is 0.685. The van der Waals surface area contributed by atoms with Gasteiger partial charge in [-0.1, -0.05) is 15.9 Å². The monoisotopic (exact) mass is 484 g/mol. The van der Waals surface area contributed by atoms with Gasteiger partial charge in [-0.2, -0.15) is 0 Å². The van der Waals surface area contributed by atoms with Crippen molar-refractivity contribution in [2.45, 2.75) is 0 Å². The predicted octanol–water partition coefficient (Wildman–Crippen LogP) is 2.07. The number of piperazine rings is 1. The first kappa shape index (κ1) is 21.2. The number of anilines is 1. The van der Waals surface area contributed by atoms with Gasteiger partial charge in [-0.15, -0.1) is 0 Å². The molecule has 2 aromatic rings. The smallest absolute Gasteiger partial charge is 0.262 e. The lowest BCUT2D eigenvalue weighted by molar-refractivity contribution is -0.116. The summed E-state index contributed by atoms with van der Waals surface area (Å²) in [5.41, 5.74) is 1.60. The number of nitrogens with zero attached hydrogens (tertiary/aromatic N) is 3.